The molecular formula is C10H14ClN3. The Kier molecular flexibility index (Phi) is 2.79. The van der Waals surface area contributed by atoms with Gasteiger partial charge in [0.15, 0.2) is 0 Å². The highest BCUT2D eigenvalue weighted by Gasteiger charge is 2.13. The third-order valence-corrected chi connectivity index (χ3v) is 2.75. The first-order valence-electron chi connectivity index (χ1n) is 4.78. The molecular weight excluding hydrogens is 198 g/mol. The molecule has 76 valence electrons. The Bertz CT molecular complexity index is 321. The highest BCUT2D eigenvalue weighted by Crippen LogP contribution is 2.27. The number of hydrogen-bond donors (Lipinski definition) is 2. The van der Waals surface area contributed by atoms with Crippen molar-refractivity contribution in [1.82, 2.24) is 5.32 Å². The fraction of sp³-hybridized carbons (Fsp3) is 0.400. The molecule has 0 radical (unpaired) electrons. The van der Waals surface area contributed by atoms with E-state index in [-0.39, 0.29) is 0 Å². The van der Waals surface area contributed by atoms with Gasteiger partial charge in [-0.15, -0.1) is 0 Å². The Morgan fingerprint density at radius 2 is 2.00 bits per heavy atom. The van der Waals surface area contributed by atoms with Crippen molar-refractivity contribution >= 4 is 23.0 Å². The van der Waals surface area contributed by atoms with Gasteiger partial charge in [0.25, 0.3) is 0 Å². The van der Waals surface area contributed by atoms with Crippen molar-refractivity contribution < 1.29 is 0 Å². The van der Waals surface area contributed by atoms with Gasteiger partial charge in [-0.1, -0.05) is 11.6 Å². The second kappa shape index (κ2) is 4.07. The second-order valence-corrected chi connectivity index (χ2v) is 3.86. The van der Waals surface area contributed by atoms with Gasteiger partial charge in [0.1, 0.15) is 0 Å². The Morgan fingerprint density at radius 1 is 1.29 bits per heavy atom. The van der Waals surface area contributed by atoms with Gasteiger partial charge >= 0.3 is 0 Å². The van der Waals surface area contributed by atoms with Crippen LogP contribution in [0.4, 0.5) is 11.4 Å². The van der Waals surface area contributed by atoms with E-state index in [0.29, 0.717) is 0 Å². The zero-order chi connectivity index (χ0) is 9.97. The van der Waals surface area contributed by atoms with Crippen LogP contribution in [0.15, 0.2) is 18.2 Å². The summed E-state index contributed by atoms with van der Waals surface area (Å²) in [5.74, 6) is 0. The average Bonchev–Trinajstić information content (AvgIpc) is 2.23. The van der Waals surface area contributed by atoms with E-state index < -0.39 is 0 Å². The van der Waals surface area contributed by atoms with Gasteiger partial charge < -0.3 is 16.0 Å². The van der Waals surface area contributed by atoms with Crippen LogP contribution >= 0.6 is 11.6 Å². The topological polar surface area (TPSA) is 41.3 Å². The van der Waals surface area contributed by atoms with Gasteiger partial charge in [0.2, 0.25) is 0 Å². The first kappa shape index (κ1) is 9.62. The summed E-state index contributed by atoms with van der Waals surface area (Å²) in [5.41, 5.74) is 7.55. The van der Waals surface area contributed by atoms with Gasteiger partial charge in [-0.3, -0.25) is 0 Å². The molecule has 0 bridgehead atoms. The van der Waals surface area contributed by atoms with Crippen LogP contribution in [-0.2, 0) is 0 Å². The molecule has 1 aromatic rings. The second-order valence-electron chi connectivity index (χ2n) is 3.45. The molecule has 14 heavy (non-hydrogen) atoms. The Hall–Kier alpha value is -0.930. The molecule has 1 aromatic carbocycles. The molecule has 3 N–H and O–H groups in total. The summed E-state index contributed by atoms with van der Waals surface area (Å²) in [5, 5.41) is 4.08. The maximum absolute atomic E-state index is 6.11. The number of piperazine rings is 1. The van der Waals surface area contributed by atoms with Crippen LogP contribution in [0.1, 0.15) is 0 Å². The smallest absolute Gasteiger partial charge is 0.0641 e. The maximum atomic E-state index is 6.11. The van der Waals surface area contributed by atoms with Crippen molar-refractivity contribution in [2.45, 2.75) is 0 Å². The average molecular weight is 212 g/mol. The van der Waals surface area contributed by atoms with Crippen molar-refractivity contribution in [1.29, 1.82) is 0 Å². The molecule has 4 heteroatoms. The van der Waals surface area contributed by atoms with Crippen LogP contribution < -0.4 is 16.0 Å². The van der Waals surface area contributed by atoms with E-state index in [1.807, 2.05) is 18.2 Å². The van der Waals surface area contributed by atoms with Gasteiger partial charge in [-0.25, -0.2) is 0 Å². The summed E-state index contributed by atoms with van der Waals surface area (Å²) in [6.45, 7) is 3.99. The third kappa shape index (κ3) is 1.94. The summed E-state index contributed by atoms with van der Waals surface area (Å²) in [7, 11) is 0. The molecule has 0 saturated carbocycles. The van der Waals surface area contributed by atoms with E-state index in [2.05, 4.69) is 10.2 Å². The highest BCUT2D eigenvalue weighted by atomic mass is 35.5. The first-order valence-corrected chi connectivity index (χ1v) is 5.16. The number of nitrogens with one attached hydrogen (secondary N) is 1. The Labute approximate surface area is 88.8 Å². The lowest BCUT2D eigenvalue weighted by atomic mass is 10.2. The van der Waals surface area contributed by atoms with E-state index in [1.165, 1.54) is 0 Å². The minimum Gasteiger partial charge on any atom is -0.399 e. The molecule has 1 saturated heterocycles. The minimum atomic E-state index is 0.767. The highest BCUT2D eigenvalue weighted by molar-refractivity contribution is 6.33. The summed E-state index contributed by atoms with van der Waals surface area (Å²) in [4.78, 5) is 2.26. The SMILES string of the molecule is Nc1ccc(Cl)c(N2CCNCC2)c1. The van der Waals surface area contributed by atoms with Crippen LogP contribution in [0, 0.1) is 0 Å². The van der Waals surface area contributed by atoms with Crippen molar-refractivity contribution in [2.75, 3.05) is 36.8 Å². The molecule has 1 heterocycles. The molecule has 0 spiro atoms. The van der Waals surface area contributed by atoms with Crippen LogP contribution in [0.2, 0.25) is 5.02 Å². The number of rotatable bonds is 1. The van der Waals surface area contributed by atoms with Gasteiger partial charge in [-0.2, -0.15) is 0 Å². The van der Waals surface area contributed by atoms with E-state index in [0.717, 1.165) is 42.6 Å². The molecule has 0 atom stereocenters. The Balaban J connectivity index is 2.24. The van der Waals surface area contributed by atoms with Crippen molar-refractivity contribution in [3.05, 3.63) is 23.2 Å². The number of benzene rings is 1. The minimum absolute atomic E-state index is 0.767. The number of nitrogen functional groups attached to an aromatic ring is 1. The maximum Gasteiger partial charge on any atom is 0.0641 e. The van der Waals surface area contributed by atoms with E-state index >= 15 is 0 Å². The molecule has 1 fully saturated rings. The lowest BCUT2D eigenvalue weighted by Gasteiger charge is -2.30. The van der Waals surface area contributed by atoms with Gasteiger partial charge in [0.05, 0.1) is 10.7 Å². The number of anilines is 2. The molecule has 0 unspecified atom stereocenters. The Morgan fingerprint density at radius 3 is 2.71 bits per heavy atom. The van der Waals surface area contributed by atoms with Gasteiger partial charge in [-0.05, 0) is 18.2 Å². The van der Waals surface area contributed by atoms with E-state index in [9.17, 15) is 0 Å². The van der Waals surface area contributed by atoms with Crippen LogP contribution in [0.5, 0.6) is 0 Å². The largest absolute Gasteiger partial charge is 0.399 e. The molecule has 2 rings (SSSR count). The molecule has 0 aromatic heterocycles. The summed E-state index contributed by atoms with van der Waals surface area (Å²) in [6.07, 6.45) is 0. The molecule has 1 aliphatic rings. The zero-order valence-corrected chi connectivity index (χ0v) is 8.72. The molecule has 0 aliphatic carbocycles. The van der Waals surface area contributed by atoms with Crippen LogP contribution in [0.25, 0.3) is 0 Å². The third-order valence-electron chi connectivity index (χ3n) is 2.43. The number of nitrogens with zero attached hydrogens (tertiary/aromatic N) is 1. The lowest BCUT2D eigenvalue weighted by Crippen LogP contribution is -2.43. The number of nitrogens with two attached hydrogens (primary N) is 1. The predicted octanol–water partition coefficient (Wildman–Crippen LogP) is 1.33. The molecule has 0 amide bonds. The molecule has 3 nitrogen and oxygen atoms in total. The van der Waals surface area contributed by atoms with Crippen molar-refractivity contribution in [3.8, 4) is 0 Å². The quantitative estimate of drug-likeness (QED) is 0.689. The first-order chi connectivity index (χ1) is 6.77. The van der Waals surface area contributed by atoms with E-state index in [1.54, 1.807) is 0 Å². The normalized spacial score (nSPS) is 17.1. The predicted molar refractivity (Wildman–Crippen MR) is 60.9 cm³/mol. The fourth-order valence-corrected chi connectivity index (χ4v) is 1.91. The summed E-state index contributed by atoms with van der Waals surface area (Å²) >= 11 is 6.11. The summed E-state index contributed by atoms with van der Waals surface area (Å²) < 4.78 is 0. The zero-order valence-electron chi connectivity index (χ0n) is 7.96. The van der Waals surface area contributed by atoms with E-state index in [4.69, 9.17) is 17.3 Å². The van der Waals surface area contributed by atoms with Crippen molar-refractivity contribution in [2.24, 2.45) is 0 Å². The standard InChI is InChI=1S/C10H14ClN3/c11-9-2-1-8(12)7-10(9)14-5-3-13-4-6-14/h1-2,7,13H,3-6,12H2. The number of hydrogen-bond acceptors (Lipinski definition) is 3. The van der Waals surface area contributed by atoms with Crippen LogP contribution in [-0.4, -0.2) is 26.2 Å². The van der Waals surface area contributed by atoms with Crippen LogP contribution in [0.3, 0.4) is 0 Å². The van der Waals surface area contributed by atoms with Gasteiger partial charge in [0, 0.05) is 31.9 Å². The lowest BCUT2D eigenvalue weighted by molar-refractivity contribution is 0.589. The summed E-state index contributed by atoms with van der Waals surface area (Å²) in [6, 6.07) is 5.62. The monoisotopic (exact) mass is 211 g/mol. The fourth-order valence-electron chi connectivity index (χ4n) is 1.68. The molecule has 1 aliphatic heterocycles. The van der Waals surface area contributed by atoms with Crippen molar-refractivity contribution in [3.63, 3.8) is 0 Å². The number of halogens is 1.